The fourth-order valence-corrected chi connectivity index (χ4v) is 3.74. The Morgan fingerprint density at radius 1 is 1.25 bits per heavy atom. The summed E-state index contributed by atoms with van der Waals surface area (Å²) in [5.41, 5.74) is 5.17. The van der Waals surface area contributed by atoms with E-state index < -0.39 is 0 Å². The monoisotopic (exact) mass is 361 g/mol. The summed E-state index contributed by atoms with van der Waals surface area (Å²) >= 11 is 8.16. The summed E-state index contributed by atoms with van der Waals surface area (Å²) in [6.07, 6.45) is 4.99. The Labute approximate surface area is 151 Å². The van der Waals surface area contributed by atoms with Gasteiger partial charge in [-0.3, -0.25) is 14.5 Å². The van der Waals surface area contributed by atoms with Crippen LogP contribution in [0.25, 0.3) is 11.1 Å². The van der Waals surface area contributed by atoms with Crippen molar-refractivity contribution in [3.63, 3.8) is 0 Å². The van der Waals surface area contributed by atoms with Crippen molar-refractivity contribution in [3.8, 4) is 11.1 Å². The molecular weight excluding hydrogens is 342 g/mol. The number of benzene rings is 1. The third-order valence-corrected chi connectivity index (χ3v) is 5.04. The Hall–Kier alpha value is -1.56. The molecule has 2 heterocycles. The summed E-state index contributed by atoms with van der Waals surface area (Å²) < 4.78 is 3.31. The number of aromatic nitrogens is 1. The molecule has 0 saturated heterocycles. The molecule has 1 aliphatic heterocycles. The topological polar surface area (TPSA) is 45.2 Å². The first-order valence-corrected chi connectivity index (χ1v) is 9.34. The minimum absolute atomic E-state index is 0.111. The maximum atomic E-state index is 11.9. The van der Waals surface area contributed by atoms with Crippen LogP contribution in [0.15, 0.2) is 30.6 Å². The predicted molar refractivity (Wildman–Crippen MR) is 101 cm³/mol. The molecule has 0 aliphatic carbocycles. The molecule has 0 atom stereocenters. The molecule has 1 aromatic carbocycles. The Bertz CT molecular complexity index is 766. The highest BCUT2D eigenvalue weighted by Crippen LogP contribution is 2.37. The summed E-state index contributed by atoms with van der Waals surface area (Å²) in [6.45, 7) is 2.89. The lowest BCUT2D eigenvalue weighted by molar-refractivity contribution is -0.118. The van der Waals surface area contributed by atoms with Gasteiger partial charge in [0, 0.05) is 43.7 Å². The fraction of sp³-hybridized carbons (Fsp3) is 0.333. The number of carbonyl (C=O) groups excluding carboxylic acids is 1. The van der Waals surface area contributed by atoms with Gasteiger partial charge in [0.15, 0.2) is 0 Å². The Morgan fingerprint density at radius 2 is 2.08 bits per heavy atom. The summed E-state index contributed by atoms with van der Waals surface area (Å²) in [4.78, 5) is 17.9. The van der Waals surface area contributed by atoms with Gasteiger partial charge in [-0.2, -0.15) is 0 Å². The third-order valence-electron chi connectivity index (χ3n) is 4.11. The molecular formula is C18H20ClN3OS. The van der Waals surface area contributed by atoms with Crippen LogP contribution < -0.4 is 9.62 Å². The molecule has 0 spiro atoms. The summed E-state index contributed by atoms with van der Waals surface area (Å²) in [7, 11) is 1.78. The number of pyridine rings is 1. The smallest absolute Gasteiger partial charge is 0.227 e. The van der Waals surface area contributed by atoms with Crippen LogP contribution in [0.2, 0.25) is 5.02 Å². The van der Waals surface area contributed by atoms with E-state index in [9.17, 15) is 4.79 Å². The molecule has 0 radical (unpaired) electrons. The van der Waals surface area contributed by atoms with Crippen LogP contribution in [0.5, 0.6) is 0 Å². The second-order valence-electron chi connectivity index (χ2n) is 5.75. The van der Waals surface area contributed by atoms with Gasteiger partial charge in [-0.25, -0.2) is 0 Å². The second-order valence-corrected chi connectivity index (χ2v) is 7.32. The first-order valence-electron chi connectivity index (χ1n) is 7.98. The number of anilines is 1. The molecule has 1 amide bonds. The minimum Gasteiger partial charge on any atom is -0.314 e. The van der Waals surface area contributed by atoms with Gasteiger partial charge in [-0.1, -0.05) is 30.5 Å². The van der Waals surface area contributed by atoms with Gasteiger partial charge in [0.05, 0.1) is 10.7 Å². The van der Waals surface area contributed by atoms with Crippen LogP contribution in [0.1, 0.15) is 24.5 Å². The van der Waals surface area contributed by atoms with Gasteiger partial charge in [-0.05, 0) is 41.3 Å². The molecule has 1 N–H and O–H groups in total. The van der Waals surface area contributed by atoms with Crippen molar-refractivity contribution >= 4 is 35.1 Å². The van der Waals surface area contributed by atoms with Crippen molar-refractivity contribution < 1.29 is 4.79 Å². The molecule has 126 valence electrons. The number of hydrogen-bond donors (Lipinski definition) is 1. The van der Waals surface area contributed by atoms with Crippen molar-refractivity contribution in [3.05, 3.63) is 46.7 Å². The SMILES string of the molecule is CCSNCc1cncc(-c2cc(Cl)c3c(c2)CCC(=O)N3C)c1. The number of halogens is 1. The zero-order valence-corrected chi connectivity index (χ0v) is 15.4. The average molecular weight is 362 g/mol. The van der Waals surface area contributed by atoms with Crippen LogP contribution in [0.3, 0.4) is 0 Å². The maximum Gasteiger partial charge on any atom is 0.227 e. The van der Waals surface area contributed by atoms with Gasteiger partial charge >= 0.3 is 0 Å². The van der Waals surface area contributed by atoms with Crippen molar-refractivity contribution in [2.75, 3.05) is 17.7 Å². The van der Waals surface area contributed by atoms with Crippen molar-refractivity contribution in [2.45, 2.75) is 26.3 Å². The Morgan fingerprint density at radius 3 is 2.88 bits per heavy atom. The Balaban J connectivity index is 1.92. The van der Waals surface area contributed by atoms with E-state index in [1.165, 1.54) is 0 Å². The van der Waals surface area contributed by atoms with Gasteiger partial charge < -0.3 is 4.90 Å². The summed E-state index contributed by atoms with van der Waals surface area (Å²) in [5.74, 6) is 1.14. The van der Waals surface area contributed by atoms with Crippen LogP contribution in [-0.2, 0) is 17.8 Å². The summed E-state index contributed by atoms with van der Waals surface area (Å²) in [5, 5.41) is 0.614. The molecule has 3 rings (SSSR count). The highest BCUT2D eigenvalue weighted by atomic mass is 35.5. The molecule has 24 heavy (non-hydrogen) atoms. The molecule has 0 bridgehead atoms. The number of nitrogens with zero attached hydrogens (tertiary/aromatic N) is 2. The molecule has 0 fully saturated rings. The van der Waals surface area contributed by atoms with E-state index in [1.807, 2.05) is 18.5 Å². The molecule has 6 heteroatoms. The zero-order chi connectivity index (χ0) is 17.1. The predicted octanol–water partition coefficient (Wildman–Crippen LogP) is 4.07. The number of aryl methyl sites for hydroxylation is 1. The van der Waals surface area contributed by atoms with Gasteiger partial charge in [0.1, 0.15) is 0 Å². The van der Waals surface area contributed by atoms with Crippen LogP contribution in [-0.4, -0.2) is 23.7 Å². The number of hydrogen-bond acceptors (Lipinski definition) is 4. The zero-order valence-electron chi connectivity index (χ0n) is 13.8. The maximum absolute atomic E-state index is 11.9. The average Bonchev–Trinajstić information content (AvgIpc) is 2.58. The fourth-order valence-electron chi connectivity index (χ4n) is 2.90. The minimum atomic E-state index is 0.111. The van der Waals surface area contributed by atoms with Gasteiger partial charge in [0.25, 0.3) is 0 Å². The quantitative estimate of drug-likeness (QED) is 0.644. The molecule has 2 aromatic rings. The van der Waals surface area contributed by atoms with Crippen molar-refractivity contribution in [2.24, 2.45) is 0 Å². The normalized spacial score (nSPS) is 14.0. The van der Waals surface area contributed by atoms with E-state index in [1.54, 1.807) is 23.9 Å². The third kappa shape index (κ3) is 3.58. The van der Waals surface area contributed by atoms with Crippen LogP contribution in [0.4, 0.5) is 5.69 Å². The molecule has 1 aliphatic rings. The van der Waals surface area contributed by atoms with Gasteiger partial charge in [-0.15, -0.1) is 0 Å². The first kappa shape index (κ1) is 17.3. The van der Waals surface area contributed by atoms with Crippen molar-refractivity contribution in [1.29, 1.82) is 0 Å². The number of fused-ring (bicyclic) bond motifs is 1. The highest BCUT2D eigenvalue weighted by molar-refractivity contribution is 7.97. The number of rotatable bonds is 5. The number of carbonyl (C=O) groups is 1. The summed E-state index contributed by atoms with van der Waals surface area (Å²) in [6, 6.07) is 6.18. The molecule has 0 unspecified atom stereocenters. The van der Waals surface area contributed by atoms with Gasteiger partial charge in [0.2, 0.25) is 5.91 Å². The van der Waals surface area contributed by atoms with Crippen LogP contribution >= 0.6 is 23.5 Å². The van der Waals surface area contributed by atoms with E-state index in [0.29, 0.717) is 11.4 Å². The second kappa shape index (κ2) is 7.55. The highest BCUT2D eigenvalue weighted by Gasteiger charge is 2.24. The molecule has 4 nitrogen and oxygen atoms in total. The number of amides is 1. The Kier molecular flexibility index (Phi) is 5.43. The van der Waals surface area contributed by atoms with E-state index in [-0.39, 0.29) is 5.91 Å². The molecule has 0 saturated carbocycles. The lowest BCUT2D eigenvalue weighted by Crippen LogP contribution is -2.31. The van der Waals surface area contributed by atoms with E-state index in [2.05, 4.69) is 28.8 Å². The van der Waals surface area contributed by atoms with E-state index in [4.69, 9.17) is 11.6 Å². The lowest BCUT2D eigenvalue weighted by Gasteiger charge is -2.27. The largest absolute Gasteiger partial charge is 0.314 e. The van der Waals surface area contributed by atoms with Crippen molar-refractivity contribution in [1.82, 2.24) is 9.71 Å². The standard InChI is InChI=1S/C18H20ClN3OS/c1-3-24-21-10-12-6-15(11-20-9-12)14-7-13-4-5-17(23)22(2)18(13)16(19)8-14/h6-9,11,21H,3-5,10H2,1-2H3. The lowest BCUT2D eigenvalue weighted by atomic mass is 9.96. The number of nitrogens with one attached hydrogen (secondary N) is 1. The molecule has 1 aromatic heterocycles. The van der Waals surface area contributed by atoms with E-state index >= 15 is 0 Å². The van der Waals surface area contributed by atoms with E-state index in [0.717, 1.165) is 46.7 Å². The first-order chi connectivity index (χ1) is 11.6. The van der Waals surface area contributed by atoms with Crippen LogP contribution in [0, 0.1) is 0 Å².